The van der Waals surface area contributed by atoms with Crippen molar-refractivity contribution >= 4 is 0 Å². The number of rotatable bonds is 4. The summed E-state index contributed by atoms with van der Waals surface area (Å²) in [7, 11) is 0. The van der Waals surface area contributed by atoms with Gasteiger partial charge in [0.25, 0.3) is 0 Å². The highest BCUT2D eigenvalue weighted by Crippen LogP contribution is 2.50. The fraction of sp³-hybridized carbons (Fsp3) is 1.00. The van der Waals surface area contributed by atoms with Gasteiger partial charge in [0.2, 0.25) is 0 Å². The first-order valence-electron chi connectivity index (χ1n) is 5.50. The van der Waals surface area contributed by atoms with Crippen LogP contribution in [-0.2, 0) is 9.47 Å². The van der Waals surface area contributed by atoms with E-state index in [9.17, 15) is 22.0 Å². The molecule has 3 nitrogen and oxygen atoms in total. The molecule has 3 atom stereocenters. The van der Waals surface area contributed by atoms with Gasteiger partial charge >= 0.3 is 17.9 Å². The molecule has 8 heteroatoms. The second kappa shape index (κ2) is 4.90. The molecule has 1 aliphatic heterocycles. The van der Waals surface area contributed by atoms with E-state index in [4.69, 9.17) is 9.84 Å². The van der Waals surface area contributed by atoms with E-state index in [1.54, 1.807) is 13.8 Å². The summed E-state index contributed by atoms with van der Waals surface area (Å²) >= 11 is 0. The van der Waals surface area contributed by atoms with Gasteiger partial charge in [0.05, 0.1) is 18.8 Å². The second-order valence-corrected chi connectivity index (χ2v) is 4.34. The van der Waals surface area contributed by atoms with Gasteiger partial charge in [0.15, 0.2) is 0 Å². The predicted octanol–water partition coefficient (Wildman–Crippen LogP) is 2.48. The molecule has 1 rings (SSSR count). The molecule has 0 spiro atoms. The maximum Gasteiger partial charge on any atom is 0.449 e. The van der Waals surface area contributed by atoms with Crippen LogP contribution in [-0.4, -0.2) is 41.8 Å². The first-order chi connectivity index (χ1) is 8.03. The molecule has 0 aromatic heterocycles. The van der Waals surface area contributed by atoms with Crippen LogP contribution in [0.1, 0.15) is 26.7 Å². The highest BCUT2D eigenvalue weighted by atomic mass is 19.4. The Hall–Kier alpha value is -0.470. The third-order valence-electron chi connectivity index (χ3n) is 2.84. The molecule has 108 valence electrons. The van der Waals surface area contributed by atoms with Gasteiger partial charge in [-0.25, -0.2) is 8.78 Å². The Balaban J connectivity index is 2.70. The normalized spacial score (nSPS) is 33.7. The summed E-state index contributed by atoms with van der Waals surface area (Å²) in [6.45, 7) is 3.02. The van der Waals surface area contributed by atoms with E-state index in [1.807, 2.05) is 0 Å². The lowest BCUT2D eigenvalue weighted by atomic mass is 10.1. The van der Waals surface area contributed by atoms with E-state index in [1.165, 1.54) is 0 Å². The van der Waals surface area contributed by atoms with E-state index in [0.29, 0.717) is 6.42 Å². The van der Waals surface area contributed by atoms with Gasteiger partial charge in [-0.1, -0.05) is 6.92 Å². The van der Waals surface area contributed by atoms with Crippen LogP contribution in [0.25, 0.3) is 0 Å². The third kappa shape index (κ3) is 2.75. The number of hydrogen-bond acceptors (Lipinski definition) is 3. The average molecular weight is 278 g/mol. The molecule has 1 N–H and O–H groups in total. The Labute approximate surface area is 101 Å². The van der Waals surface area contributed by atoms with Crippen molar-refractivity contribution in [1.82, 2.24) is 0 Å². The van der Waals surface area contributed by atoms with E-state index < -0.39 is 37.0 Å². The topological polar surface area (TPSA) is 38.7 Å². The minimum atomic E-state index is -5.55. The van der Waals surface area contributed by atoms with Crippen LogP contribution in [0.5, 0.6) is 0 Å². The Kier molecular flexibility index (Phi) is 4.24. The number of alkyl halides is 5. The van der Waals surface area contributed by atoms with Gasteiger partial charge in [0.1, 0.15) is 0 Å². The van der Waals surface area contributed by atoms with Crippen molar-refractivity contribution in [2.24, 2.45) is 0 Å². The lowest BCUT2D eigenvalue weighted by Crippen LogP contribution is -2.56. The minimum absolute atomic E-state index is 0.276. The van der Waals surface area contributed by atoms with E-state index >= 15 is 0 Å². The molecule has 0 amide bonds. The molecule has 18 heavy (non-hydrogen) atoms. The van der Waals surface area contributed by atoms with Crippen LogP contribution in [0.4, 0.5) is 22.0 Å². The molecular formula is C10H15F5O3. The standard InChI is InChI=1S/C10H15F5O3/c1-3-6(2)17-5-7-4-8(11,12)9(16,18-7)10(13,14)15/h6-7,16H,3-5H2,1-2H3. The van der Waals surface area contributed by atoms with Crippen LogP contribution in [0, 0.1) is 0 Å². The van der Waals surface area contributed by atoms with Crippen molar-refractivity contribution < 1.29 is 36.5 Å². The lowest BCUT2D eigenvalue weighted by molar-refractivity contribution is -0.407. The van der Waals surface area contributed by atoms with E-state index in [0.717, 1.165) is 0 Å². The molecule has 3 unspecified atom stereocenters. The van der Waals surface area contributed by atoms with Crippen molar-refractivity contribution in [3.05, 3.63) is 0 Å². The Bertz CT molecular complexity index is 294. The zero-order valence-corrected chi connectivity index (χ0v) is 9.93. The lowest BCUT2D eigenvalue weighted by Gasteiger charge is -2.29. The molecule has 1 heterocycles. The van der Waals surface area contributed by atoms with Gasteiger partial charge < -0.3 is 14.6 Å². The monoisotopic (exact) mass is 278 g/mol. The fourth-order valence-corrected chi connectivity index (χ4v) is 1.55. The molecule has 0 aromatic carbocycles. The molecule has 1 fully saturated rings. The molecular weight excluding hydrogens is 263 g/mol. The third-order valence-corrected chi connectivity index (χ3v) is 2.84. The first kappa shape index (κ1) is 15.6. The quantitative estimate of drug-likeness (QED) is 0.803. The van der Waals surface area contributed by atoms with Crippen LogP contribution >= 0.6 is 0 Å². The number of hydrogen-bond donors (Lipinski definition) is 1. The molecule has 0 aromatic rings. The molecule has 0 radical (unpaired) electrons. The smallest absolute Gasteiger partial charge is 0.376 e. The summed E-state index contributed by atoms with van der Waals surface area (Å²) in [6, 6.07) is 0. The van der Waals surface area contributed by atoms with E-state index in [2.05, 4.69) is 4.74 Å². The van der Waals surface area contributed by atoms with Crippen molar-refractivity contribution in [1.29, 1.82) is 0 Å². The number of halogens is 5. The summed E-state index contributed by atoms with van der Waals surface area (Å²) < 4.78 is 72.7. The minimum Gasteiger partial charge on any atom is -0.376 e. The molecule has 0 bridgehead atoms. The number of ether oxygens (including phenoxy) is 2. The van der Waals surface area contributed by atoms with Gasteiger partial charge in [-0.05, 0) is 13.3 Å². The Morgan fingerprint density at radius 2 is 2.00 bits per heavy atom. The van der Waals surface area contributed by atoms with Gasteiger partial charge in [-0.15, -0.1) is 0 Å². The maximum atomic E-state index is 13.2. The Morgan fingerprint density at radius 3 is 2.39 bits per heavy atom. The maximum absolute atomic E-state index is 13.2. The molecule has 0 saturated carbocycles. The van der Waals surface area contributed by atoms with Gasteiger partial charge in [-0.3, -0.25) is 0 Å². The fourth-order valence-electron chi connectivity index (χ4n) is 1.55. The van der Waals surface area contributed by atoms with Crippen molar-refractivity contribution in [2.75, 3.05) is 6.61 Å². The second-order valence-electron chi connectivity index (χ2n) is 4.34. The zero-order chi connectivity index (χ0) is 14.2. The Morgan fingerprint density at radius 1 is 1.44 bits per heavy atom. The average Bonchev–Trinajstić information content (AvgIpc) is 2.46. The van der Waals surface area contributed by atoms with Crippen LogP contribution in [0.2, 0.25) is 0 Å². The summed E-state index contributed by atoms with van der Waals surface area (Å²) in [6.07, 6.45) is -7.95. The zero-order valence-electron chi connectivity index (χ0n) is 9.93. The summed E-state index contributed by atoms with van der Waals surface area (Å²) in [5, 5.41) is 9.00. The van der Waals surface area contributed by atoms with Crippen molar-refractivity contribution in [3.63, 3.8) is 0 Å². The van der Waals surface area contributed by atoms with Crippen molar-refractivity contribution in [2.45, 2.75) is 56.8 Å². The highest BCUT2D eigenvalue weighted by molar-refractivity contribution is 4.99. The van der Waals surface area contributed by atoms with Gasteiger partial charge in [-0.2, -0.15) is 13.2 Å². The SMILES string of the molecule is CCC(C)OCC1CC(F)(F)C(O)(C(F)(F)F)O1. The van der Waals surface area contributed by atoms with Crippen LogP contribution in [0.15, 0.2) is 0 Å². The summed E-state index contributed by atoms with van der Waals surface area (Å²) in [4.78, 5) is 0. The van der Waals surface area contributed by atoms with Crippen molar-refractivity contribution in [3.8, 4) is 0 Å². The molecule has 0 aliphatic carbocycles. The van der Waals surface area contributed by atoms with E-state index in [-0.39, 0.29) is 6.10 Å². The summed E-state index contributed by atoms with van der Waals surface area (Å²) in [5.41, 5.74) is 0. The largest absolute Gasteiger partial charge is 0.449 e. The van der Waals surface area contributed by atoms with Crippen LogP contribution in [0.3, 0.4) is 0 Å². The predicted molar refractivity (Wildman–Crippen MR) is 51.1 cm³/mol. The first-order valence-corrected chi connectivity index (χ1v) is 5.50. The molecule has 1 saturated heterocycles. The van der Waals surface area contributed by atoms with Crippen LogP contribution < -0.4 is 0 Å². The van der Waals surface area contributed by atoms with Gasteiger partial charge in [0, 0.05) is 6.42 Å². The highest BCUT2D eigenvalue weighted by Gasteiger charge is 2.75. The summed E-state index contributed by atoms with van der Waals surface area (Å²) in [5.74, 6) is -8.81. The molecule has 1 aliphatic rings. The number of aliphatic hydroxyl groups is 1.